The topological polar surface area (TPSA) is 117 Å². The van der Waals surface area contributed by atoms with Crippen molar-refractivity contribution < 1.29 is 52.3 Å². The van der Waals surface area contributed by atoms with Crippen molar-refractivity contribution in [2.45, 2.75) is 19.9 Å². The third-order valence-electron chi connectivity index (χ3n) is 0.914. The summed E-state index contributed by atoms with van der Waals surface area (Å²) in [6.07, 6.45) is 0. The van der Waals surface area contributed by atoms with Crippen molar-refractivity contribution in [3.63, 3.8) is 0 Å². The van der Waals surface area contributed by atoms with Crippen LogP contribution in [-0.2, 0) is 15.0 Å². The van der Waals surface area contributed by atoms with Crippen LogP contribution in [0.1, 0.15) is 13.8 Å². The van der Waals surface area contributed by atoms with Gasteiger partial charge in [-0.3, -0.25) is 0 Å². The first kappa shape index (κ1) is 17.5. The minimum atomic E-state index is -4.31. The second-order valence-corrected chi connectivity index (χ2v) is 4.21. The quantitative estimate of drug-likeness (QED) is 0.129. The molecule has 1 N–H and O–H groups in total. The Balaban J connectivity index is 0. The molecular formula is C5H12N3NaO5S. The van der Waals surface area contributed by atoms with E-state index in [1.54, 1.807) is 19.4 Å². The molecule has 0 aliphatic carbocycles. The zero-order chi connectivity index (χ0) is 11.2. The van der Waals surface area contributed by atoms with E-state index in [1.165, 1.54) is 0 Å². The Morgan fingerprint density at radius 2 is 2.07 bits per heavy atom. The molecule has 0 unspecified atom stereocenters. The fourth-order valence-electron chi connectivity index (χ4n) is 0.478. The van der Waals surface area contributed by atoms with Gasteiger partial charge in [0.2, 0.25) is 0 Å². The Hall–Kier alpha value is 0.0700. The van der Waals surface area contributed by atoms with Crippen molar-refractivity contribution in [1.29, 1.82) is 0 Å². The summed E-state index contributed by atoms with van der Waals surface area (Å²) in [6, 6.07) is -0.216. The number of rotatable bonds is 6. The molecule has 0 heterocycles. The van der Waals surface area contributed by atoms with E-state index in [9.17, 15) is 18.2 Å². The Morgan fingerprint density at radius 3 is 2.47 bits per heavy atom. The fraction of sp³-hybridized carbons (Fsp3) is 1.00. The molecule has 0 aliphatic rings. The van der Waals surface area contributed by atoms with Gasteiger partial charge in [-0.05, 0) is 19.4 Å². The molecular weight excluding hydrogens is 237 g/mol. The maximum absolute atomic E-state index is 10.7. The summed E-state index contributed by atoms with van der Waals surface area (Å²) >= 11 is 0. The first-order valence-corrected chi connectivity index (χ1v) is 5.38. The molecule has 0 bridgehead atoms. The maximum atomic E-state index is 10.7. The molecule has 0 saturated heterocycles. The predicted molar refractivity (Wildman–Crippen MR) is 44.8 cm³/mol. The maximum Gasteiger partial charge on any atom is 1.00 e. The molecule has 0 radical (unpaired) electrons. The van der Waals surface area contributed by atoms with Crippen molar-refractivity contribution in [1.82, 2.24) is 5.59 Å². The Bertz CT molecular complexity index is 291. The van der Waals surface area contributed by atoms with E-state index in [4.69, 9.17) is 0 Å². The largest absolute Gasteiger partial charge is 1.00 e. The first-order valence-electron chi connectivity index (χ1n) is 3.80. The average Bonchev–Trinajstić information content (AvgIpc) is 1.95. The normalized spacial score (nSPS) is 12.4. The fourth-order valence-corrected chi connectivity index (χ4v) is 0.765. The second-order valence-electron chi connectivity index (χ2n) is 2.68. The van der Waals surface area contributed by atoms with Gasteiger partial charge in [-0.15, -0.1) is 0 Å². The molecule has 0 spiro atoms. The van der Waals surface area contributed by atoms with Gasteiger partial charge in [-0.1, -0.05) is 0 Å². The summed E-state index contributed by atoms with van der Waals surface area (Å²) in [4.78, 5) is 4.42. The van der Waals surface area contributed by atoms with Gasteiger partial charge in [-0.2, -0.15) is 0 Å². The van der Waals surface area contributed by atoms with Crippen LogP contribution in [0.15, 0.2) is 5.11 Å². The van der Waals surface area contributed by atoms with Crippen molar-refractivity contribution in [2.24, 2.45) is 5.11 Å². The van der Waals surface area contributed by atoms with Crippen LogP contribution in [0.4, 0.5) is 0 Å². The van der Waals surface area contributed by atoms with Crippen LogP contribution in [-0.4, -0.2) is 36.3 Å². The van der Waals surface area contributed by atoms with Crippen LogP contribution >= 0.6 is 0 Å². The van der Waals surface area contributed by atoms with Gasteiger partial charge in [0, 0.05) is 5.11 Å². The summed E-state index contributed by atoms with van der Waals surface area (Å²) in [7, 11) is -4.31. The molecule has 0 aromatic carbocycles. The molecule has 0 fully saturated rings. The molecule has 10 heteroatoms. The summed E-state index contributed by atoms with van der Waals surface area (Å²) in [5.41, 5.74) is 1.79. The number of hydrogen-bond acceptors (Lipinski definition) is 6. The monoisotopic (exact) mass is 249 g/mol. The van der Waals surface area contributed by atoms with Gasteiger partial charge >= 0.3 is 29.6 Å². The van der Waals surface area contributed by atoms with Crippen molar-refractivity contribution in [3.05, 3.63) is 5.21 Å². The number of hydrazine groups is 1. The summed E-state index contributed by atoms with van der Waals surface area (Å²) in [5, 5.41) is 14.1. The van der Waals surface area contributed by atoms with Gasteiger partial charge in [0.1, 0.15) is 6.04 Å². The summed E-state index contributed by atoms with van der Waals surface area (Å²) < 4.78 is 30.2. The minimum Gasteiger partial charge on any atom is -0.748 e. The molecule has 0 aromatic heterocycles. The molecule has 0 aliphatic heterocycles. The van der Waals surface area contributed by atoms with E-state index in [0.717, 1.165) is 0 Å². The molecule has 0 amide bonds. The minimum absolute atomic E-state index is 0. The van der Waals surface area contributed by atoms with Crippen LogP contribution in [0.3, 0.4) is 0 Å². The summed E-state index contributed by atoms with van der Waals surface area (Å²) in [5.74, 6) is -0.699. The molecule has 0 rings (SSSR count). The van der Waals surface area contributed by atoms with Gasteiger partial charge in [0.25, 0.3) is 0 Å². The third-order valence-corrected chi connectivity index (χ3v) is 1.58. The molecule has 0 atom stereocenters. The Kier molecular flexibility index (Phi) is 9.60. The second kappa shape index (κ2) is 8.25. The van der Waals surface area contributed by atoms with Gasteiger partial charge in [-0.25, -0.2) is 13.3 Å². The van der Waals surface area contributed by atoms with E-state index in [1.807, 2.05) is 0 Å². The van der Waals surface area contributed by atoms with E-state index in [0.29, 0.717) is 0 Å². The number of nitrogens with zero attached hydrogens (tertiary/aromatic N) is 2. The van der Waals surface area contributed by atoms with Crippen molar-refractivity contribution in [3.8, 4) is 0 Å². The SMILES string of the molecule is CC(C)N=[N+]([O-])NOCCS(=O)(=O)[O-].[Na+]. The molecule has 8 nitrogen and oxygen atoms in total. The van der Waals surface area contributed by atoms with Crippen LogP contribution in [0.2, 0.25) is 0 Å². The van der Waals surface area contributed by atoms with E-state index in [2.05, 4.69) is 9.95 Å². The molecule has 15 heavy (non-hydrogen) atoms. The van der Waals surface area contributed by atoms with Crippen LogP contribution in [0.5, 0.6) is 0 Å². The summed E-state index contributed by atoms with van der Waals surface area (Å²) in [6.45, 7) is 2.95. The van der Waals surface area contributed by atoms with Gasteiger partial charge < -0.3 is 9.76 Å². The van der Waals surface area contributed by atoms with Gasteiger partial charge in [0.15, 0.2) is 0 Å². The van der Waals surface area contributed by atoms with Crippen LogP contribution in [0, 0.1) is 5.21 Å². The van der Waals surface area contributed by atoms with E-state index in [-0.39, 0.29) is 40.6 Å². The van der Waals surface area contributed by atoms with Crippen LogP contribution < -0.4 is 35.1 Å². The van der Waals surface area contributed by atoms with Crippen molar-refractivity contribution in [2.75, 3.05) is 12.4 Å². The molecule has 0 saturated carbocycles. The third kappa shape index (κ3) is 14.1. The van der Waals surface area contributed by atoms with E-state index < -0.39 is 22.5 Å². The van der Waals surface area contributed by atoms with E-state index >= 15 is 0 Å². The Morgan fingerprint density at radius 1 is 1.53 bits per heavy atom. The Labute approximate surface area is 110 Å². The predicted octanol–water partition coefficient (Wildman–Crippen LogP) is -3.66. The number of hydrogen-bond donors (Lipinski definition) is 1. The molecule has 0 aromatic rings. The smallest absolute Gasteiger partial charge is 0.748 e. The van der Waals surface area contributed by atoms with Gasteiger partial charge in [0.05, 0.1) is 27.4 Å². The number of nitrogens with one attached hydrogen (secondary N) is 1. The zero-order valence-corrected chi connectivity index (χ0v) is 11.7. The molecule has 84 valence electrons. The van der Waals surface area contributed by atoms with Crippen LogP contribution in [0.25, 0.3) is 0 Å². The van der Waals surface area contributed by atoms with Crippen molar-refractivity contribution >= 4 is 10.1 Å². The first-order chi connectivity index (χ1) is 6.31. The zero-order valence-electron chi connectivity index (χ0n) is 8.84. The standard InChI is InChI=1S/C5H13N3O5S.Na/c1-5(2)6-8(9)7-13-3-4-14(10,11)12;/h5H,3-4H2,1-2H3,(H,6,7)(H,10,11,12);/q;+1/p-1. The average molecular weight is 249 g/mol.